The number of hydrogen-bond donors (Lipinski definition) is 1. The van der Waals surface area contributed by atoms with Gasteiger partial charge in [-0.3, -0.25) is 4.79 Å². The second-order valence-electron chi connectivity index (χ2n) is 7.73. The molecule has 0 unspecified atom stereocenters. The fourth-order valence-electron chi connectivity index (χ4n) is 3.73. The number of nitrogens with zero attached hydrogens (tertiary/aromatic N) is 1. The van der Waals surface area contributed by atoms with Crippen molar-refractivity contribution in [3.8, 4) is 0 Å². The minimum atomic E-state index is -3.58. The smallest absolute Gasteiger partial charge is 0.338 e. The first-order chi connectivity index (χ1) is 14.7. The van der Waals surface area contributed by atoms with Crippen LogP contribution in [0.4, 0.5) is 5.69 Å². The average Bonchev–Trinajstić information content (AvgIpc) is 2.74. The van der Waals surface area contributed by atoms with Crippen LogP contribution in [0.3, 0.4) is 0 Å². The van der Waals surface area contributed by atoms with E-state index in [0.717, 1.165) is 11.1 Å². The van der Waals surface area contributed by atoms with E-state index in [0.29, 0.717) is 48.7 Å². The van der Waals surface area contributed by atoms with Gasteiger partial charge >= 0.3 is 5.97 Å². The van der Waals surface area contributed by atoms with Gasteiger partial charge in [-0.2, -0.15) is 4.31 Å². The van der Waals surface area contributed by atoms with Gasteiger partial charge in [-0.05, 0) is 69.5 Å². The van der Waals surface area contributed by atoms with Gasteiger partial charge in [-0.15, -0.1) is 0 Å². The van der Waals surface area contributed by atoms with Crippen molar-refractivity contribution in [3.05, 3.63) is 59.2 Å². The number of aryl methyl sites for hydroxylation is 2. The van der Waals surface area contributed by atoms with Crippen LogP contribution in [0.1, 0.15) is 41.3 Å². The number of amides is 1. The van der Waals surface area contributed by atoms with E-state index >= 15 is 0 Å². The first-order valence-corrected chi connectivity index (χ1v) is 11.8. The van der Waals surface area contributed by atoms with Gasteiger partial charge in [0.05, 0.1) is 17.1 Å². The van der Waals surface area contributed by atoms with Crippen LogP contribution >= 0.6 is 0 Å². The zero-order chi connectivity index (χ0) is 22.6. The Labute approximate surface area is 183 Å². The van der Waals surface area contributed by atoms with E-state index in [4.69, 9.17) is 4.74 Å². The number of ether oxygens (including phenoxy) is 1. The molecule has 8 heteroatoms. The van der Waals surface area contributed by atoms with Crippen LogP contribution in [0.15, 0.2) is 47.4 Å². The molecule has 31 heavy (non-hydrogen) atoms. The SMILES string of the molecule is CCOC(=O)c1ccc(NC(=O)C2CCN(S(=O)(=O)c3ccc(C)cc3C)CC2)cc1. The number of carbonyl (C=O) groups excluding carboxylic acids is 2. The zero-order valence-corrected chi connectivity index (χ0v) is 18.9. The normalized spacial score (nSPS) is 15.5. The maximum Gasteiger partial charge on any atom is 0.338 e. The number of rotatable bonds is 6. The molecular formula is C23H28N2O5S. The largest absolute Gasteiger partial charge is 0.462 e. The molecule has 7 nitrogen and oxygen atoms in total. The summed E-state index contributed by atoms with van der Waals surface area (Å²) < 4.78 is 32.4. The number of nitrogens with one attached hydrogen (secondary N) is 1. The number of esters is 1. The number of anilines is 1. The van der Waals surface area contributed by atoms with Crippen molar-refractivity contribution >= 4 is 27.6 Å². The molecule has 0 aliphatic carbocycles. The highest BCUT2D eigenvalue weighted by Crippen LogP contribution is 2.27. The number of piperidine rings is 1. The summed E-state index contributed by atoms with van der Waals surface area (Å²) in [6, 6.07) is 11.8. The van der Waals surface area contributed by atoms with Crippen molar-refractivity contribution in [1.29, 1.82) is 0 Å². The van der Waals surface area contributed by atoms with E-state index in [1.54, 1.807) is 50.2 Å². The standard InChI is InChI=1S/C23H28N2O5S/c1-4-30-23(27)19-6-8-20(9-7-19)24-22(26)18-11-13-25(14-12-18)31(28,29)21-10-5-16(2)15-17(21)3/h5-10,15,18H,4,11-14H2,1-3H3,(H,24,26). The van der Waals surface area contributed by atoms with Gasteiger partial charge in [0.15, 0.2) is 0 Å². The highest BCUT2D eigenvalue weighted by molar-refractivity contribution is 7.89. The Morgan fingerprint density at radius 3 is 2.29 bits per heavy atom. The molecule has 1 aliphatic rings. The molecule has 1 amide bonds. The van der Waals surface area contributed by atoms with Crippen LogP contribution in [0, 0.1) is 19.8 Å². The Morgan fingerprint density at radius 2 is 1.71 bits per heavy atom. The van der Waals surface area contributed by atoms with Gasteiger partial charge in [-0.1, -0.05) is 17.7 Å². The molecule has 0 atom stereocenters. The third kappa shape index (κ3) is 5.32. The summed E-state index contributed by atoms with van der Waals surface area (Å²) in [4.78, 5) is 24.7. The van der Waals surface area contributed by atoms with E-state index < -0.39 is 16.0 Å². The fourth-order valence-corrected chi connectivity index (χ4v) is 5.41. The molecule has 0 bridgehead atoms. The second-order valence-corrected chi connectivity index (χ2v) is 9.64. The van der Waals surface area contributed by atoms with Crippen molar-refractivity contribution in [3.63, 3.8) is 0 Å². The van der Waals surface area contributed by atoms with Crippen molar-refractivity contribution in [2.45, 2.75) is 38.5 Å². The number of benzene rings is 2. The van der Waals surface area contributed by atoms with Crippen molar-refractivity contribution in [2.24, 2.45) is 5.92 Å². The van der Waals surface area contributed by atoms with Crippen molar-refractivity contribution in [1.82, 2.24) is 4.31 Å². The lowest BCUT2D eigenvalue weighted by atomic mass is 9.97. The van der Waals surface area contributed by atoms with Crippen molar-refractivity contribution in [2.75, 3.05) is 25.0 Å². The molecule has 3 rings (SSSR count). The highest BCUT2D eigenvalue weighted by atomic mass is 32.2. The predicted molar refractivity (Wildman–Crippen MR) is 118 cm³/mol. The van der Waals surface area contributed by atoms with E-state index in [2.05, 4.69) is 5.32 Å². The molecule has 0 aromatic heterocycles. The summed E-state index contributed by atoms with van der Waals surface area (Å²) in [6.07, 6.45) is 0.910. The summed E-state index contributed by atoms with van der Waals surface area (Å²) >= 11 is 0. The maximum absolute atomic E-state index is 13.0. The van der Waals surface area contributed by atoms with Gasteiger partial charge in [0.1, 0.15) is 0 Å². The summed E-state index contributed by atoms with van der Waals surface area (Å²) in [6.45, 7) is 6.37. The molecule has 0 saturated carbocycles. The summed E-state index contributed by atoms with van der Waals surface area (Å²) in [7, 11) is -3.58. The van der Waals surface area contributed by atoms with E-state index in [1.165, 1.54) is 4.31 Å². The quantitative estimate of drug-likeness (QED) is 0.688. The summed E-state index contributed by atoms with van der Waals surface area (Å²) in [5, 5.41) is 2.85. The van der Waals surface area contributed by atoms with Crippen LogP contribution in [0.25, 0.3) is 0 Å². The van der Waals surface area contributed by atoms with Gasteiger partial charge in [0.2, 0.25) is 15.9 Å². The molecular weight excluding hydrogens is 416 g/mol. The lowest BCUT2D eigenvalue weighted by Crippen LogP contribution is -2.41. The summed E-state index contributed by atoms with van der Waals surface area (Å²) in [5.41, 5.74) is 2.75. The molecule has 0 spiro atoms. The third-order valence-electron chi connectivity index (χ3n) is 5.44. The first-order valence-electron chi connectivity index (χ1n) is 10.4. The van der Waals surface area contributed by atoms with E-state index in [1.807, 2.05) is 13.0 Å². The van der Waals surface area contributed by atoms with Crippen molar-refractivity contribution < 1.29 is 22.7 Å². The lowest BCUT2D eigenvalue weighted by Gasteiger charge is -2.31. The van der Waals surface area contributed by atoms with Crippen LogP contribution < -0.4 is 5.32 Å². The highest BCUT2D eigenvalue weighted by Gasteiger charge is 2.32. The van der Waals surface area contributed by atoms with Gasteiger partial charge < -0.3 is 10.1 Å². The predicted octanol–water partition coefficient (Wildman–Crippen LogP) is 3.52. The lowest BCUT2D eigenvalue weighted by molar-refractivity contribution is -0.120. The molecule has 1 aliphatic heterocycles. The Kier molecular flexibility index (Phi) is 7.12. The number of carbonyl (C=O) groups is 2. The molecule has 2 aromatic rings. The number of hydrogen-bond acceptors (Lipinski definition) is 5. The first kappa shape index (κ1) is 23.0. The van der Waals surface area contributed by atoms with Crippen LogP contribution in [0.2, 0.25) is 0 Å². The maximum atomic E-state index is 13.0. The summed E-state index contributed by atoms with van der Waals surface area (Å²) in [5.74, 6) is -0.819. The van der Waals surface area contributed by atoms with Crippen LogP contribution in [-0.4, -0.2) is 44.3 Å². The van der Waals surface area contributed by atoms with Gasteiger partial charge in [0.25, 0.3) is 0 Å². The van der Waals surface area contributed by atoms with Crippen LogP contribution in [0.5, 0.6) is 0 Å². The van der Waals surface area contributed by atoms with Crippen LogP contribution in [-0.2, 0) is 19.6 Å². The Hall–Kier alpha value is -2.71. The minimum Gasteiger partial charge on any atom is -0.462 e. The zero-order valence-electron chi connectivity index (χ0n) is 18.1. The molecule has 166 valence electrons. The molecule has 1 N–H and O–H groups in total. The third-order valence-corrected chi connectivity index (χ3v) is 7.50. The Bertz CT molecular complexity index is 1060. The molecule has 2 aromatic carbocycles. The topological polar surface area (TPSA) is 92.8 Å². The Balaban J connectivity index is 1.59. The molecule has 0 radical (unpaired) electrons. The van der Waals surface area contributed by atoms with E-state index in [9.17, 15) is 18.0 Å². The molecule has 1 saturated heterocycles. The molecule has 1 heterocycles. The average molecular weight is 445 g/mol. The van der Waals surface area contributed by atoms with Gasteiger partial charge in [0, 0.05) is 24.7 Å². The molecule has 1 fully saturated rings. The minimum absolute atomic E-state index is 0.146. The number of sulfonamides is 1. The fraction of sp³-hybridized carbons (Fsp3) is 0.391. The second kappa shape index (κ2) is 9.62. The Morgan fingerprint density at radius 1 is 1.06 bits per heavy atom. The van der Waals surface area contributed by atoms with Gasteiger partial charge in [-0.25, -0.2) is 13.2 Å². The van der Waals surface area contributed by atoms with E-state index in [-0.39, 0.29) is 11.8 Å². The monoisotopic (exact) mass is 444 g/mol.